The highest BCUT2D eigenvalue weighted by molar-refractivity contribution is 5.97. The highest BCUT2D eigenvalue weighted by Gasteiger charge is 2.20. The summed E-state index contributed by atoms with van der Waals surface area (Å²) < 4.78 is 16.7. The van der Waals surface area contributed by atoms with E-state index in [0.29, 0.717) is 23.6 Å². The van der Waals surface area contributed by atoms with Crippen molar-refractivity contribution in [3.8, 4) is 5.75 Å². The zero-order valence-electron chi connectivity index (χ0n) is 19.1. The molecule has 33 heavy (non-hydrogen) atoms. The summed E-state index contributed by atoms with van der Waals surface area (Å²) in [4.78, 5) is 27.5. The first-order chi connectivity index (χ1) is 16.1. The fourth-order valence-corrected chi connectivity index (χ4v) is 4.11. The van der Waals surface area contributed by atoms with Crippen molar-refractivity contribution in [2.45, 2.75) is 51.2 Å². The van der Waals surface area contributed by atoms with Gasteiger partial charge < -0.3 is 24.4 Å². The maximum Gasteiger partial charge on any atom is 0.339 e. The normalized spacial score (nSPS) is 19.1. The van der Waals surface area contributed by atoms with E-state index in [1.54, 1.807) is 31.2 Å². The van der Waals surface area contributed by atoms with Crippen LogP contribution in [0.4, 0.5) is 11.4 Å². The monoisotopic (exact) mass is 452 g/mol. The number of nitrogens with zero attached hydrogens (tertiary/aromatic N) is 1. The summed E-state index contributed by atoms with van der Waals surface area (Å²) in [5, 5.41) is 2.82. The van der Waals surface area contributed by atoms with Crippen LogP contribution in [-0.4, -0.2) is 50.4 Å². The molecule has 7 nitrogen and oxygen atoms in total. The number of benzene rings is 2. The molecule has 2 atom stereocenters. The zero-order valence-corrected chi connectivity index (χ0v) is 19.1. The number of hydrogen-bond acceptors (Lipinski definition) is 6. The Labute approximate surface area is 195 Å². The van der Waals surface area contributed by atoms with Crippen molar-refractivity contribution in [2.24, 2.45) is 0 Å². The summed E-state index contributed by atoms with van der Waals surface area (Å²) in [6, 6.07) is 14.6. The predicted molar refractivity (Wildman–Crippen MR) is 127 cm³/mol. The number of anilines is 2. The molecule has 0 unspecified atom stereocenters. The van der Waals surface area contributed by atoms with Crippen molar-refractivity contribution in [2.75, 3.05) is 36.5 Å². The Morgan fingerprint density at radius 3 is 2.61 bits per heavy atom. The largest absolute Gasteiger partial charge is 0.491 e. The molecule has 2 aliphatic rings. The fourth-order valence-electron chi connectivity index (χ4n) is 4.11. The SMILES string of the molecule is C[C@H](OC(=O)c1cccc(OC[C@H]2CCCO2)c1)C(=O)Nc1ccc(N2CCCCC2)cc1. The molecular weight excluding hydrogens is 420 g/mol. The molecule has 0 aliphatic carbocycles. The second-order valence-corrected chi connectivity index (χ2v) is 8.61. The first-order valence-corrected chi connectivity index (χ1v) is 11.8. The lowest BCUT2D eigenvalue weighted by molar-refractivity contribution is -0.123. The van der Waals surface area contributed by atoms with Gasteiger partial charge in [-0.05, 0) is 81.5 Å². The maximum absolute atomic E-state index is 12.6. The fraction of sp³-hybridized carbons (Fsp3) is 0.462. The van der Waals surface area contributed by atoms with Crippen LogP contribution < -0.4 is 15.0 Å². The summed E-state index contributed by atoms with van der Waals surface area (Å²) in [5.74, 6) is -0.369. The van der Waals surface area contributed by atoms with Crippen LogP contribution in [0, 0.1) is 0 Å². The number of carbonyl (C=O) groups excluding carboxylic acids is 2. The van der Waals surface area contributed by atoms with Crippen molar-refractivity contribution in [3.63, 3.8) is 0 Å². The van der Waals surface area contributed by atoms with Gasteiger partial charge in [0.05, 0.1) is 11.7 Å². The Morgan fingerprint density at radius 1 is 1.09 bits per heavy atom. The van der Waals surface area contributed by atoms with Gasteiger partial charge in [0.15, 0.2) is 6.10 Å². The van der Waals surface area contributed by atoms with Crippen LogP contribution >= 0.6 is 0 Å². The lowest BCUT2D eigenvalue weighted by atomic mass is 10.1. The molecule has 2 aromatic carbocycles. The first kappa shape index (κ1) is 23.1. The second kappa shape index (κ2) is 11.2. The lowest BCUT2D eigenvalue weighted by Gasteiger charge is -2.28. The molecule has 2 aliphatic heterocycles. The van der Waals surface area contributed by atoms with Crippen LogP contribution in [0.25, 0.3) is 0 Å². The number of piperidine rings is 1. The Hall–Kier alpha value is -3.06. The van der Waals surface area contributed by atoms with E-state index in [0.717, 1.165) is 38.2 Å². The second-order valence-electron chi connectivity index (χ2n) is 8.61. The van der Waals surface area contributed by atoms with Crippen molar-refractivity contribution in [1.29, 1.82) is 0 Å². The van der Waals surface area contributed by atoms with Gasteiger partial charge in [0.25, 0.3) is 5.91 Å². The molecule has 7 heteroatoms. The van der Waals surface area contributed by atoms with Crippen LogP contribution in [-0.2, 0) is 14.3 Å². The molecule has 176 valence electrons. The number of amides is 1. The maximum atomic E-state index is 12.6. The van der Waals surface area contributed by atoms with Gasteiger partial charge in [-0.3, -0.25) is 4.79 Å². The molecule has 2 fully saturated rings. The minimum atomic E-state index is -0.935. The van der Waals surface area contributed by atoms with E-state index in [9.17, 15) is 9.59 Å². The topological polar surface area (TPSA) is 77.1 Å². The third-order valence-electron chi connectivity index (χ3n) is 6.04. The molecule has 0 aromatic heterocycles. The predicted octanol–water partition coefficient (Wildman–Crippen LogP) is 4.42. The summed E-state index contributed by atoms with van der Waals surface area (Å²) in [6.07, 6.45) is 4.90. The van der Waals surface area contributed by atoms with Crippen molar-refractivity contribution >= 4 is 23.3 Å². The number of esters is 1. The number of ether oxygens (including phenoxy) is 3. The van der Waals surface area contributed by atoms with Gasteiger partial charge in [0.2, 0.25) is 0 Å². The summed E-state index contributed by atoms with van der Waals surface area (Å²) in [6.45, 7) is 4.92. The van der Waals surface area contributed by atoms with E-state index in [4.69, 9.17) is 14.2 Å². The molecule has 2 heterocycles. The Morgan fingerprint density at radius 2 is 1.88 bits per heavy atom. The van der Waals surface area contributed by atoms with Gasteiger partial charge in [-0.15, -0.1) is 0 Å². The lowest BCUT2D eigenvalue weighted by Crippen LogP contribution is -2.30. The molecule has 1 amide bonds. The number of hydrogen-bond donors (Lipinski definition) is 1. The van der Waals surface area contributed by atoms with Crippen molar-refractivity contribution in [3.05, 3.63) is 54.1 Å². The molecule has 2 aromatic rings. The van der Waals surface area contributed by atoms with E-state index in [-0.39, 0.29) is 12.0 Å². The Bertz CT molecular complexity index is 934. The molecule has 0 radical (unpaired) electrons. The van der Waals surface area contributed by atoms with Gasteiger partial charge in [-0.2, -0.15) is 0 Å². The number of rotatable bonds is 8. The van der Waals surface area contributed by atoms with E-state index in [2.05, 4.69) is 10.2 Å². The van der Waals surface area contributed by atoms with Crippen LogP contribution in [0.2, 0.25) is 0 Å². The average Bonchev–Trinajstić information content (AvgIpc) is 3.38. The molecule has 4 rings (SSSR count). The highest BCUT2D eigenvalue weighted by atomic mass is 16.5. The minimum Gasteiger partial charge on any atom is -0.491 e. The average molecular weight is 453 g/mol. The Balaban J connectivity index is 1.27. The van der Waals surface area contributed by atoms with E-state index >= 15 is 0 Å². The van der Waals surface area contributed by atoms with Crippen LogP contribution in [0.5, 0.6) is 5.75 Å². The summed E-state index contributed by atoms with van der Waals surface area (Å²) >= 11 is 0. The number of carbonyl (C=O) groups is 2. The molecular formula is C26H32N2O5. The van der Waals surface area contributed by atoms with E-state index < -0.39 is 12.1 Å². The molecule has 1 N–H and O–H groups in total. The third kappa shape index (κ3) is 6.48. The van der Waals surface area contributed by atoms with Gasteiger partial charge in [-0.1, -0.05) is 6.07 Å². The van der Waals surface area contributed by atoms with Gasteiger partial charge in [-0.25, -0.2) is 4.79 Å². The zero-order chi connectivity index (χ0) is 23.0. The van der Waals surface area contributed by atoms with Crippen molar-refractivity contribution in [1.82, 2.24) is 0 Å². The van der Waals surface area contributed by atoms with E-state index in [1.807, 2.05) is 24.3 Å². The smallest absolute Gasteiger partial charge is 0.339 e. The van der Waals surface area contributed by atoms with Crippen molar-refractivity contribution < 1.29 is 23.8 Å². The quantitative estimate of drug-likeness (QED) is 0.598. The third-order valence-corrected chi connectivity index (χ3v) is 6.04. The Kier molecular flexibility index (Phi) is 7.83. The van der Waals surface area contributed by atoms with Gasteiger partial charge >= 0.3 is 5.97 Å². The molecule has 0 saturated carbocycles. The first-order valence-electron chi connectivity index (χ1n) is 11.8. The molecule has 2 saturated heterocycles. The van der Waals surface area contributed by atoms with Gasteiger partial charge in [0, 0.05) is 31.1 Å². The highest BCUT2D eigenvalue weighted by Crippen LogP contribution is 2.22. The summed E-state index contributed by atoms with van der Waals surface area (Å²) in [7, 11) is 0. The molecule has 0 bridgehead atoms. The summed E-state index contributed by atoms with van der Waals surface area (Å²) in [5.41, 5.74) is 2.17. The van der Waals surface area contributed by atoms with Crippen LogP contribution in [0.15, 0.2) is 48.5 Å². The van der Waals surface area contributed by atoms with E-state index in [1.165, 1.54) is 19.3 Å². The van der Waals surface area contributed by atoms with Crippen LogP contribution in [0.3, 0.4) is 0 Å². The molecule has 0 spiro atoms. The van der Waals surface area contributed by atoms with Crippen LogP contribution in [0.1, 0.15) is 49.4 Å². The standard InChI is InChI=1S/C26H32N2O5/c1-19(25(29)27-21-10-12-22(13-11-21)28-14-3-2-4-15-28)33-26(30)20-7-5-8-23(17-20)32-18-24-9-6-16-31-24/h5,7-8,10-13,17,19,24H,2-4,6,9,14-16,18H2,1H3,(H,27,29)/t19-,24+/m0/s1. The number of nitrogens with one attached hydrogen (secondary N) is 1. The van der Waals surface area contributed by atoms with Gasteiger partial charge in [0.1, 0.15) is 12.4 Å². The minimum absolute atomic E-state index is 0.0956.